The Kier molecular flexibility index (Phi) is 3.78. The smallest absolute Gasteiger partial charge is 0.225 e. The second-order valence-electron chi connectivity index (χ2n) is 6.03. The van der Waals surface area contributed by atoms with E-state index in [-0.39, 0.29) is 0 Å². The molecule has 1 saturated carbocycles. The van der Waals surface area contributed by atoms with Gasteiger partial charge in [0.2, 0.25) is 5.91 Å². The van der Waals surface area contributed by atoms with Gasteiger partial charge in [0, 0.05) is 44.2 Å². The second kappa shape index (κ2) is 5.56. The van der Waals surface area contributed by atoms with Gasteiger partial charge in [-0.05, 0) is 26.7 Å². The lowest BCUT2D eigenvalue weighted by Gasteiger charge is -2.38. The van der Waals surface area contributed by atoms with Gasteiger partial charge in [0.05, 0.1) is 5.69 Å². The van der Waals surface area contributed by atoms with Crippen molar-refractivity contribution in [1.29, 1.82) is 0 Å². The van der Waals surface area contributed by atoms with E-state index in [1.54, 1.807) is 0 Å². The summed E-state index contributed by atoms with van der Waals surface area (Å²) in [5, 5.41) is 4.00. The summed E-state index contributed by atoms with van der Waals surface area (Å²) >= 11 is 0. The molecule has 20 heavy (non-hydrogen) atoms. The fourth-order valence-electron chi connectivity index (χ4n) is 2.99. The van der Waals surface area contributed by atoms with Crippen molar-refractivity contribution in [2.45, 2.75) is 39.7 Å². The number of carbonyl (C=O) groups excluding carboxylic acids is 1. The lowest BCUT2D eigenvalue weighted by atomic mass is 9.84. The third-order valence-corrected chi connectivity index (χ3v) is 4.70. The molecule has 0 unspecified atom stereocenters. The van der Waals surface area contributed by atoms with Gasteiger partial charge < -0.3 is 9.42 Å². The van der Waals surface area contributed by atoms with Crippen molar-refractivity contribution in [2.24, 2.45) is 5.92 Å². The average molecular weight is 277 g/mol. The van der Waals surface area contributed by atoms with Crippen molar-refractivity contribution in [3.63, 3.8) is 0 Å². The molecule has 1 aliphatic heterocycles. The van der Waals surface area contributed by atoms with E-state index in [4.69, 9.17) is 4.52 Å². The van der Waals surface area contributed by atoms with Crippen LogP contribution in [0.5, 0.6) is 0 Å². The minimum absolute atomic E-state index is 0.323. The Morgan fingerprint density at radius 1 is 1.25 bits per heavy atom. The van der Waals surface area contributed by atoms with E-state index < -0.39 is 0 Å². The fourth-order valence-corrected chi connectivity index (χ4v) is 2.99. The van der Waals surface area contributed by atoms with Gasteiger partial charge in [-0.25, -0.2) is 0 Å². The van der Waals surface area contributed by atoms with Crippen molar-refractivity contribution >= 4 is 5.91 Å². The minimum atomic E-state index is 0.323. The number of carbonyl (C=O) groups is 1. The maximum absolute atomic E-state index is 12.2. The summed E-state index contributed by atoms with van der Waals surface area (Å²) in [5.41, 5.74) is 2.18. The zero-order chi connectivity index (χ0) is 14.1. The van der Waals surface area contributed by atoms with Gasteiger partial charge in [0.1, 0.15) is 5.76 Å². The number of piperazine rings is 1. The van der Waals surface area contributed by atoms with Gasteiger partial charge in [0.15, 0.2) is 0 Å². The highest BCUT2D eigenvalue weighted by Crippen LogP contribution is 2.28. The molecule has 2 aliphatic rings. The Hall–Kier alpha value is -1.36. The molecule has 2 fully saturated rings. The predicted octanol–water partition coefficient (Wildman–Crippen LogP) is 1.74. The second-order valence-corrected chi connectivity index (χ2v) is 6.03. The van der Waals surface area contributed by atoms with Crippen LogP contribution in [0.25, 0.3) is 0 Å². The molecule has 110 valence electrons. The van der Waals surface area contributed by atoms with Gasteiger partial charge in [-0.15, -0.1) is 0 Å². The van der Waals surface area contributed by atoms with Gasteiger partial charge in [-0.2, -0.15) is 0 Å². The van der Waals surface area contributed by atoms with E-state index in [1.165, 1.54) is 12.0 Å². The lowest BCUT2D eigenvalue weighted by Crippen LogP contribution is -2.50. The quantitative estimate of drug-likeness (QED) is 0.844. The first-order valence-electron chi connectivity index (χ1n) is 7.58. The highest BCUT2D eigenvalue weighted by atomic mass is 16.5. The number of rotatable bonds is 3. The van der Waals surface area contributed by atoms with E-state index in [0.717, 1.165) is 57.0 Å². The van der Waals surface area contributed by atoms with Crippen molar-refractivity contribution in [2.75, 3.05) is 26.2 Å². The minimum Gasteiger partial charge on any atom is -0.361 e. The van der Waals surface area contributed by atoms with Gasteiger partial charge in [0.25, 0.3) is 0 Å². The molecule has 0 atom stereocenters. The molecule has 0 N–H and O–H groups in total. The molecule has 1 saturated heterocycles. The van der Waals surface area contributed by atoms with Crippen LogP contribution < -0.4 is 0 Å². The Morgan fingerprint density at radius 2 is 1.95 bits per heavy atom. The van der Waals surface area contributed by atoms with Crippen molar-refractivity contribution < 1.29 is 9.32 Å². The van der Waals surface area contributed by atoms with Crippen LogP contribution in [0.1, 0.15) is 36.3 Å². The number of nitrogens with zero attached hydrogens (tertiary/aromatic N) is 3. The molecule has 0 aromatic carbocycles. The number of hydrogen-bond donors (Lipinski definition) is 0. The van der Waals surface area contributed by atoms with E-state index in [1.807, 2.05) is 18.7 Å². The number of aryl methyl sites for hydroxylation is 2. The topological polar surface area (TPSA) is 49.6 Å². The summed E-state index contributed by atoms with van der Waals surface area (Å²) in [6.07, 6.45) is 3.42. The van der Waals surface area contributed by atoms with Crippen LogP contribution >= 0.6 is 0 Å². The Labute approximate surface area is 119 Å². The molecule has 2 heterocycles. The molecule has 1 aliphatic carbocycles. The standard InChI is InChI=1S/C15H23N3O2/c1-11-14(12(2)20-16-11)10-17-6-8-18(9-7-17)15(19)13-4-3-5-13/h13H,3-10H2,1-2H3. The van der Waals surface area contributed by atoms with E-state index >= 15 is 0 Å². The first-order chi connectivity index (χ1) is 9.65. The Morgan fingerprint density at radius 3 is 2.45 bits per heavy atom. The Balaban J connectivity index is 1.52. The highest BCUT2D eigenvalue weighted by Gasteiger charge is 2.31. The van der Waals surface area contributed by atoms with Crippen LogP contribution in [0.3, 0.4) is 0 Å². The molecule has 5 nitrogen and oxygen atoms in total. The zero-order valence-corrected chi connectivity index (χ0v) is 12.4. The van der Waals surface area contributed by atoms with Gasteiger partial charge in [-0.3, -0.25) is 9.69 Å². The predicted molar refractivity (Wildman–Crippen MR) is 75.2 cm³/mol. The molecule has 0 radical (unpaired) electrons. The monoisotopic (exact) mass is 277 g/mol. The molecule has 0 bridgehead atoms. The average Bonchev–Trinajstić information content (AvgIpc) is 2.69. The van der Waals surface area contributed by atoms with Crippen molar-refractivity contribution in [3.8, 4) is 0 Å². The number of hydrogen-bond acceptors (Lipinski definition) is 4. The SMILES string of the molecule is Cc1noc(C)c1CN1CCN(C(=O)C2CCC2)CC1. The molecule has 1 amide bonds. The van der Waals surface area contributed by atoms with Crippen LogP contribution in [0.4, 0.5) is 0 Å². The van der Waals surface area contributed by atoms with Crippen molar-refractivity contribution in [1.82, 2.24) is 15.0 Å². The molecule has 5 heteroatoms. The Bertz CT molecular complexity index is 466. The van der Waals surface area contributed by atoms with Gasteiger partial charge >= 0.3 is 0 Å². The van der Waals surface area contributed by atoms with E-state index in [0.29, 0.717) is 11.8 Å². The molecular formula is C15H23N3O2. The summed E-state index contributed by atoms with van der Waals surface area (Å²) in [6, 6.07) is 0. The van der Waals surface area contributed by atoms with Crippen LogP contribution in [-0.4, -0.2) is 47.0 Å². The first-order valence-corrected chi connectivity index (χ1v) is 7.58. The van der Waals surface area contributed by atoms with Crippen LogP contribution in [0.2, 0.25) is 0 Å². The molecule has 1 aromatic heterocycles. The summed E-state index contributed by atoms with van der Waals surface area (Å²) in [6.45, 7) is 8.45. The zero-order valence-electron chi connectivity index (χ0n) is 12.4. The summed E-state index contributed by atoms with van der Waals surface area (Å²) < 4.78 is 5.21. The van der Waals surface area contributed by atoms with Gasteiger partial charge in [-0.1, -0.05) is 11.6 Å². The van der Waals surface area contributed by atoms with Crippen LogP contribution in [0, 0.1) is 19.8 Å². The third kappa shape index (κ3) is 2.59. The third-order valence-electron chi connectivity index (χ3n) is 4.70. The maximum atomic E-state index is 12.2. The normalized spacial score (nSPS) is 21.0. The molecule has 0 spiro atoms. The highest BCUT2D eigenvalue weighted by molar-refractivity contribution is 5.79. The largest absolute Gasteiger partial charge is 0.361 e. The van der Waals surface area contributed by atoms with Crippen molar-refractivity contribution in [3.05, 3.63) is 17.0 Å². The van der Waals surface area contributed by atoms with E-state index in [2.05, 4.69) is 10.1 Å². The summed E-state index contributed by atoms with van der Waals surface area (Å²) in [7, 11) is 0. The number of aromatic nitrogens is 1. The van der Waals surface area contributed by atoms with E-state index in [9.17, 15) is 4.79 Å². The maximum Gasteiger partial charge on any atom is 0.225 e. The molecular weight excluding hydrogens is 254 g/mol. The summed E-state index contributed by atoms with van der Waals surface area (Å²) in [5.74, 6) is 1.62. The molecule has 3 rings (SSSR count). The van der Waals surface area contributed by atoms with Crippen LogP contribution in [-0.2, 0) is 11.3 Å². The fraction of sp³-hybridized carbons (Fsp3) is 0.733. The van der Waals surface area contributed by atoms with Crippen LogP contribution in [0.15, 0.2) is 4.52 Å². The summed E-state index contributed by atoms with van der Waals surface area (Å²) in [4.78, 5) is 16.6. The molecule has 1 aromatic rings. The lowest BCUT2D eigenvalue weighted by molar-refractivity contribution is -0.140. The first kappa shape index (κ1) is 13.6. The number of amides is 1.